The third-order valence-corrected chi connectivity index (χ3v) is 4.24. The van der Waals surface area contributed by atoms with Crippen LogP contribution in [0.4, 0.5) is 5.69 Å². The number of phenols is 1. The van der Waals surface area contributed by atoms with Crippen LogP contribution in [0.25, 0.3) is 0 Å². The molecule has 136 valence electrons. The molecule has 0 radical (unpaired) electrons. The van der Waals surface area contributed by atoms with Crippen LogP contribution in [0.1, 0.15) is 12.5 Å². The molecule has 3 N–H and O–H groups in total. The first-order valence-electron chi connectivity index (χ1n) is 7.68. The van der Waals surface area contributed by atoms with Crippen molar-refractivity contribution in [3.63, 3.8) is 0 Å². The number of benzene rings is 2. The molecule has 0 aromatic heterocycles. The molecule has 2 aromatic carbocycles. The van der Waals surface area contributed by atoms with Crippen LogP contribution in [0.15, 0.2) is 52.0 Å². The van der Waals surface area contributed by atoms with E-state index >= 15 is 0 Å². The molecule has 0 heterocycles. The fourth-order valence-corrected chi connectivity index (χ4v) is 2.38. The van der Waals surface area contributed by atoms with Crippen molar-refractivity contribution in [3.8, 4) is 11.5 Å². The number of hydrazone groups is 1. The SMILES string of the molecule is COc1cccc(C=NNC(=O)C(C)C(=O)Nc2ccccc2Br)c1O. The van der Waals surface area contributed by atoms with E-state index in [0.717, 1.165) is 0 Å². The number of rotatable bonds is 6. The van der Waals surface area contributed by atoms with Crippen molar-refractivity contribution in [2.24, 2.45) is 11.0 Å². The molecule has 0 spiro atoms. The maximum atomic E-state index is 12.2. The summed E-state index contributed by atoms with van der Waals surface area (Å²) in [5, 5.41) is 16.4. The zero-order valence-corrected chi connectivity index (χ0v) is 15.8. The lowest BCUT2D eigenvalue weighted by Gasteiger charge is -2.11. The van der Waals surface area contributed by atoms with Gasteiger partial charge in [-0.2, -0.15) is 5.10 Å². The van der Waals surface area contributed by atoms with Crippen molar-refractivity contribution < 1.29 is 19.4 Å². The summed E-state index contributed by atoms with van der Waals surface area (Å²) in [6.45, 7) is 1.47. The van der Waals surface area contributed by atoms with Crippen molar-refractivity contribution >= 4 is 39.6 Å². The first kappa shape index (κ1) is 19.5. The van der Waals surface area contributed by atoms with E-state index in [1.165, 1.54) is 20.2 Å². The van der Waals surface area contributed by atoms with Crippen LogP contribution in [-0.4, -0.2) is 30.2 Å². The molecule has 0 fully saturated rings. The summed E-state index contributed by atoms with van der Waals surface area (Å²) in [6.07, 6.45) is 1.27. The molecule has 0 aliphatic carbocycles. The van der Waals surface area contributed by atoms with Gasteiger partial charge in [0, 0.05) is 10.0 Å². The Bertz CT molecular complexity index is 839. The lowest BCUT2D eigenvalue weighted by molar-refractivity contribution is -0.131. The molecule has 0 saturated carbocycles. The van der Waals surface area contributed by atoms with E-state index in [9.17, 15) is 14.7 Å². The highest BCUT2D eigenvalue weighted by atomic mass is 79.9. The molecule has 2 aromatic rings. The predicted octanol–water partition coefficient (Wildman–Crippen LogP) is 2.89. The summed E-state index contributed by atoms with van der Waals surface area (Å²) < 4.78 is 5.71. The Labute approximate surface area is 159 Å². The number of carbonyl (C=O) groups is 2. The lowest BCUT2D eigenvalue weighted by Crippen LogP contribution is -2.34. The average molecular weight is 420 g/mol. The largest absolute Gasteiger partial charge is 0.504 e. The summed E-state index contributed by atoms with van der Waals surface area (Å²) in [5.74, 6) is -1.80. The van der Waals surface area contributed by atoms with Crippen LogP contribution in [-0.2, 0) is 9.59 Å². The number of anilines is 1. The Morgan fingerprint density at radius 1 is 1.19 bits per heavy atom. The van der Waals surface area contributed by atoms with E-state index in [4.69, 9.17) is 4.74 Å². The van der Waals surface area contributed by atoms with E-state index in [1.807, 2.05) is 6.07 Å². The number of methoxy groups -OCH3 is 1. The Kier molecular flexibility index (Phi) is 6.74. The van der Waals surface area contributed by atoms with E-state index in [2.05, 4.69) is 31.8 Å². The van der Waals surface area contributed by atoms with Crippen molar-refractivity contribution in [1.82, 2.24) is 5.43 Å². The maximum Gasteiger partial charge on any atom is 0.252 e. The van der Waals surface area contributed by atoms with E-state index in [0.29, 0.717) is 21.5 Å². The van der Waals surface area contributed by atoms with Gasteiger partial charge in [0.1, 0.15) is 5.92 Å². The van der Waals surface area contributed by atoms with Gasteiger partial charge in [0.15, 0.2) is 11.5 Å². The first-order chi connectivity index (χ1) is 12.4. The van der Waals surface area contributed by atoms with Crippen LogP contribution in [0, 0.1) is 5.92 Å². The number of hydrogen-bond donors (Lipinski definition) is 3. The fourth-order valence-electron chi connectivity index (χ4n) is 1.99. The zero-order chi connectivity index (χ0) is 19.1. The van der Waals surface area contributed by atoms with E-state index < -0.39 is 17.7 Å². The maximum absolute atomic E-state index is 12.2. The second-order valence-electron chi connectivity index (χ2n) is 5.32. The Hall–Kier alpha value is -2.87. The molecule has 0 aliphatic rings. The molecule has 8 heteroatoms. The minimum Gasteiger partial charge on any atom is -0.504 e. The normalized spacial score (nSPS) is 11.8. The zero-order valence-electron chi connectivity index (χ0n) is 14.2. The summed E-state index contributed by atoms with van der Waals surface area (Å²) in [7, 11) is 1.43. The number of aromatic hydroxyl groups is 1. The van der Waals surface area contributed by atoms with Crippen LogP contribution < -0.4 is 15.5 Å². The average Bonchev–Trinajstić information content (AvgIpc) is 2.64. The molecule has 2 rings (SSSR count). The molecule has 26 heavy (non-hydrogen) atoms. The number of nitrogens with zero attached hydrogens (tertiary/aromatic N) is 1. The smallest absolute Gasteiger partial charge is 0.252 e. The number of para-hydroxylation sites is 2. The number of halogens is 1. The van der Waals surface area contributed by atoms with Gasteiger partial charge >= 0.3 is 0 Å². The van der Waals surface area contributed by atoms with Gasteiger partial charge in [-0.05, 0) is 47.1 Å². The summed E-state index contributed by atoms with van der Waals surface area (Å²) in [4.78, 5) is 24.2. The summed E-state index contributed by atoms with van der Waals surface area (Å²) >= 11 is 3.32. The predicted molar refractivity (Wildman–Crippen MR) is 102 cm³/mol. The van der Waals surface area contributed by atoms with Gasteiger partial charge < -0.3 is 15.2 Å². The number of carbonyl (C=O) groups excluding carboxylic acids is 2. The molecule has 1 atom stereocenters. The number of ether oxygens (including phenoxy) is 1. The van der Waals surface area contributed by atoms with E-state index in [1.54, 1.807) is 36.4 Å². The minimum atomic E-state index is -0.960. The standard InChI is InChI=1S/C18H18BrN3O4/c1-11(17(24)21-14-8-4-3-7-13(14)19)18(25)22-20-10-12-6-5-9-15(26-2)16(12)23/h3-11,23H,1-2H3,(H,21,24)(H,22,25). The number of hydrogen-bond acceptors (Lipinski definition) is 5. The monoisotopic (exact) mass is 419 g/mol. The second-order valence-corrected chi connectivity index (χ2v) is 6.18. The van der Waals surface area contributed by atoms with Gasteiger partial charge in [0.25, 0.3) is 5.91 Å². The van der Waals surface area contributed by atoms with Crippen LogP contribution in [0.2, 0.25) is 0 Å². The second kappa shape index (κ2) is 9.00. The van der Waals surface area contributed by atoms with Crippen molar-refractivity contribution in [1.29, 1.82) is 0 Å². The fraction of sp³-hybridized carbons (Fsp3) is 0.167. The molecule has 7 nitrogen and oxygen atoms in total. The topological polar surface area (TPSA) is 100 Å². The van der Waals surface area contributed by atoms with Crippen LogP contribution in [0.5, 0.6) is 11.5 Å². The van der Waals surface area contributed by atoms with Gasteiger partial charge in [-0.15, -0.1) is 0 Å². The number of phenolic OH excluding ortho intramolecular Hbond substituents is 1. The van der Waals surface area contributed by atoms with Gasteiger partial charge in [-0.25, -0.2) is 5.43 Å². The first-order valence-corrected chi connectivity index (χ1v) is 8.47. The molecular formula is C18H18BrN3O4. The molecule has 0 bridgehead atoms. The van der Waals surface area contributed by atoms with Gasteiger partial charge in [0.2, 0.25) is 5.91 Å². The molecule has 0 aliphatic heterocycles. The Morgan fingerprint density at radius 3 is 2.62 bits per heavy atom. The third kappa shape index (κ3) is 4.82. The Morgan fingerprint density at radius 2 is 1.92 bits per heavy atom. The Balaban J connectivity index is 1.97. The van der Waals surface area contributed by atoms with Crippen molar-refractivity contribution in [3.05, 3.63) is 52.5 Å². The highest BCUT2D eigenvalue weighted by Gasteiger charge is 2.21. The van der Waals surface area contributed by atoms with Gasteiger partial charge in [0.05, 0.1) is 19.0 Å². The van der Waals surface area contributed by atoms with E-state index in [-0.39, 0.29) is 5.75 Å². The molecule has 1 unspecified atom stereocenters. The van der Waals surface area contributed by atoms with Gasteiger partial charge in [-0.3, -0.25) is 9.59 Å². The molecule has 0 saturated heterocycles. The van der Waals surface area contributed by atoms with Crippen molar-refractivity contribution in [2.45, 2.75) is 6.92 Å². The number of amides is 2. The molecular weight excluding hydrogens is 402 g/mol. The summed E-state index contributed by atoms with van der Waals surface area (Å²) in [5.41, 5.74) is 3.22. The van der Waals surface area contributed by atoms with Crippen molar-refractivity contribution in [2.75, 3.05) is 12.4 Å². The van der Waals surface area contributed by atoms with Crippen LogP contribution in [0.3, 0.4) is 0 Å². The highest BCUT2D eigenvalue weighted by molar-refractivity contribution is 9.10. The third-order valence-electron chi connectivity index (χ3n) is 3.55. The highest BCUT2D eigenvalue weighted by Crippen LogP contribution is 2.28. The quantitative estimate of drug-likeness (QED) is 0.380. The lowest BCUT2D eigenvalue weighted by atomic mass is 10.1. The molecule has 2 amide bonds. The van der Waals surface area contributed by atoms with Gasteiger partial charge in [-0.1, -0.05) is 18.2 Å². The summed E-state index contributed by atoms with van der Waals surface area (Å²) in [6, 6.07) is 12.0. The van der Waals surface area contributed by atoms with Crippen LogP contribution >= 0.6 is 15.9 Å². The number of nitrogens with one attached hydrogen (secondary N) is 2. The minimum absolute atomic E-state index is 0.0901.